The Morgan fingerprint density at radius 3 is 2.54 bits per heavy atom. The van der Waals surface area contributed by atoms with Crippen LogP contribution in [0.1, 0.15) is 26.2 Å². The van der Waals surface area contributed by atoms with Gasteiger partial charge in [-0.15, -0.1) is 0 Å². The number of para-hydroxylation sites is 1. The molecule has 0 heterocycles. The summed E-state index contributed by atoms with van der Waals surface area (Å²) >= 11 is 0. The Morgan fingerprint density at radius 1 is 1.15 bits per heavy atom. The van der Waals surface area contributed by atoms with Crippen LogP contribution in [0.15, 0.2) is 30.3 Å². The molecule has 0 amide bonds. The van der Waals surface area contributed by atoms with Crippen LogP contribution in [0.3, 0.4) is 0 Å². The van der Waals surface area contributed by atoms with Gasteiger partial charge in [-0.3, -0.25) is 0 Å². The fourth-order valence-electron chi connectivity index (χ4n) is 2.11. The molecular formula is C12H17N. The van der Waals surface area contributed by atoms with E-state index < -0.39 is 0 Å². The Balaban J connectivity index is 1.92. The van der Waals surface area contributed by atoms with Crippen LogP contribution in [0, 0.1) is 5.92 Å². The highest BCUT2D eigenvalue weighted by molar-refractivity contribution is 5.43. The molecule has 1 aromatic rings. The zero-order chi connectivity index (χ0) is 9.10. The number of hydrogen-bond donors (Lipinski definition) is 1. The fraction of sp³-hybridized carbons (Fsp3) is 0.500. The van der Waals surface area contributed by atoms with Crippen LogP contribution in [0.2, 0.25) is 0 Å². The number of anilines is 1. The fourth-order valence-corrected chi connectivity index (χ4v) is 2.11. The van der Waals surface area contributed by atoms with Crippen molar-refractivity contribution in [2.75, 3.05) is 5.32 Å². The third-order valence-corrected chi connectivity index (χ3v) is 2.84. The molecule has 1 nitrogen and oxygen atoms in total. The van der Waals surface area contributed by atoms with E-state index in [2.05, 4.69) is 42.6 Å². The number of hydrogen-bond acceptors (Lipinski definition) is 1. The normalized spacial score (nSPS) is 27.5. The molecule has 0 bridgehead atoms. The highest BCUT2D eigenvalue weighted by Gasteiger charge is 2.20. The zero-order valence-electron chi connectivity index (χ0n) is 8.16. The summed E-state index contributed by atoms with van der Waals surface area (Å²) in [6.45, 7) is 2.34. The molecule has 0 spiro atoms. The average molecular weight is 175 g/mol. The lowest BCUT2D eigenvalue weighted by atomic mass is 10.1. The molecule has 1 aliphatic rings. The van der Waals surface area contributed by atoms with Crippen molar-refractivity contribution in [2.45, 2.75) is 32.2 Å². The second kappa shape index (κ2) is 3.82. The van der Waals surface area contributed by atoms with E-state index in [1.807, 2.05) is 0 Å². The topological polar surface area (TPSA) is 12.0 Å². The molecular weight excluding hydrogens is 158 g/mol. The molecule has 2 rings (SSSR count). The highest BCUT2D eigenvalue weighted by atomic mass is 14.9. The molecule has 0 unspecified atom stereocenters. The quantitative estimate of drug-likeness (QED) is 0.727. The van der Waals surface area contributed by atoms with E-state index in [1.54, 1.807) is 0 Å². The van der Waals surface area contributed by atoms with Gasteiger partial charge < -0.3 is 5.32 Å². The molecule has 0 saturated heterocycles. The second-order valence-electron chi connectivity index (χ2n) is 4.13. The monoisotopic (exact) mass is 175 g/mol. The van der Waals surface area contributed by atoms with Gasteiger partial charge >= 0.3 is 0 Å². The molecule has 2 atom stereocenters. The first kappa shape index (κ1) is 8.61. The lowest BCUT2D eigenvalue weighted by Gasteiger charge is -2.13. The van der Waals surface area contributed by atoms with Gasteiger partial charge in [0, 0.05) is 11.7 Å². The summed E-state index contributed by atoms with van der Waals surface area (Å²) in [5, 5.41) is 3.57. The van der Waals surface area contributed by atoms with Crippen molar-refractivity contribution in [2.24, 2.45) is 5.92 Å². The Morgan fingerprint density at radius 2 is 1.92 bits per heavy atom. The SMILES string of the molecule is C[C@H]1CC[C@H](Nc2ccccc2)C1. The largest absolute Gasteiger partial charge is 0.382 e. The Hall–Kier alpha value is -0.980. The maximum absolute atomic E-state index is 3.57. The first-order chi connectivity index (χ1) is 6.34. The van der Waals surface area contributed by atoms with Gasteiger partial charge in [0.2, 0.25) is 0 Å². The standard InChI is InChI=1S/C12H17N/c1-10-7-8-12(9-10)13-11-5-3-2-4-6-11/h2-6,10,12-13H,7-9H2,1H3/t10-,12-/m0/s1. The van der Waals surface area contributed by atoms with Crippen LogP contribution in [-0.2, 0) is 0 Å². The van der Waals surface area contributed by atoms with Crippen LogP contribution in [-0.4, -0.2) is 6.04 Å². The van der Waals surface area contributed by atoms with Gasteiger partial charge in [-0.1, -0.05) is 25.1 Å². The maximum Gasteiger partial charge on any atom is 0.0342 e. The molecule has 1 fully saturated rings. The second-order valence-corrected chi connectivity index (χ2v) is 4.13. The summed E-state index contributed by atoms with van der Waals surface area (Å²) in [4.78, 5) is 0. The minimum Gasteiger partial charge on any atom is -0.382 e. The lowest BCUT2D eigenvalue weighted by Crippen LogP contribution is -2.14. The summed E-state index contributed by atoms with van der Waals surface area (Å²) in [5.74, 6) is 0.904. The van der Waals surface area contributed by atoms with E-state index in [1.165, 1.54) is 24.9 Å². The van der Waals surface area contributed by atoms with Gasteiger partial charge in [0.25, 0.3) is 0 Å². The van der Waals surface area contributed by atoms with Crippen LogP contribution in [0.4, 0.5) is 5.69 Å². The van der Waals surface area contributed by atoms with E-state index in [4.69, 9.17) is 0 Å². The molecule has 0 radical (unpaired) electrons. The van der Waals surface area contributed by atoms with Gasteiger partial charge in [-0.2, -0.15) is 0 Å². The van der Waals surface area contributed by atoms with Crippen LogP contribution >= 0.6 is 0 Å². The van der Waals surface area contributed by atoms with E-state index in [0.717, 1.165) is 5.92 Å². The first-order valence-corrected chi connectivity index (χ1v) is 5.16. The van der Waals surface area contributed by atoms with E-state index in [9.17, 15) is 0 Å². The van der Waals surface area contributed by atoms with Gasteiger partial charge in [0.15, 0.2) is 0 Å². The predicted octanol–water partition coefficient (Wildman–Crippen LogP) is 3.29. The third-order valence-electron chi connectivity index (χ3n) is 2.84. The smallest absolute Gasteiger partial charge is 0.0342 e. The van der Waals surface area contributed by atoms with Crippen molar-refractivity contribution in [3.63, 3.8) is 0 Å². The van der Waals surface area contributed by atoms with Crippen molar-refractivity contribution in [1.29, 1.82) is 0 Å². The first-order valence-electron chi connectivity index (χ1n) is 5.16. The Kier molecular flexibility index (Phi) is 2.53. The van der Waals surface area contributed by atoms with Crippen LogP contribution in [0.5, 0.6) is 0 Å². The minimum absolute atomic E-state index is 0.706. The molecule has 0 aromatic heterocycles. The Bertz CT molecular complexity index is 255. The van der Waals surface area contributed by atoms with Gasteiger partial charge in [-0.05, 0) is 37.3 Å². The predicted molar refractivity (Wildman–Crippen MR) is 56.9 cm³/mol. The van der Waals surface area contributed by atoms with Crippen molar-refractivity contribution >= 4 is 5.69 Å². The summed E-state index contributed by atoms with van der Waals surface area (Å²) in [7, 11) is 0. The lowest BCUT2D eigenvalue weighted by molar-refractivity contribution is 0.602. The maximum atomic E-state index is 3.57. The molecule has 13 heavy (non-hydrogen) atoms. The summed E-state index contributed by atoms with van der Waals surface area (Å²) in [6, 6.07) is 11.2. The van der Waals surface area contributed by atoms with Crippen molar-refractivity contribution in [3.05, 3.63) is 30.3 Å². The molecule has 1 aliphatic carbocycles. The highest BCUT2D eigenvalue weighted by Crippen LogP contribution is 2.27. The van der Waals surface area contributed by atoms with E-state index in [0.29, 0.717) is 6.04 Å². The van der Waals surface area contributed by atoms with Gasteiger partial charge in [0.05, 0.1) is 0 Å². The summed E-state index contributed by atoms with van der Waals surface area (Å²) in [6.07, 6.45) is 4.04. The molecule has 1 N–H and O–H groups in total. The van der Waals surface area contributed by atoms with Crippen molar-refractivity contribution < 1.29 is 0 Å². The van der Waals surface area contributed by atoms with Gasteiger partial charge in [0.1, 0.15) is 0 Å². The summed E-state index contributed by atoms with van der Waals surface area (Å²) < 4.78 is 0. The summed E-state index contributed by atoms with van der Waals surface area (Å²) in [5.41, 5.74) is 1.27. The van der Waals surface area contributed by atoms with Gasteiger partial charge in [-0.25, -0.2) is 0 Å². The van der Waals surface area contributed by atoms with E-state index in [-0.39, 0.29) is 0 Å². The van der Waals surface area contributed by atoms with Crippen LogP contribution in [0.25, 0.3) is 0 Å². The van der Waals surface area contributed by atoms with Crippen LogP contribution < -0.4 is 5.32 Å². The minimum atomic E-state index is 0.706. The third kappa shape index (κ3) is 2.24. The molecule has 1 saturated carbocycles. The molecule has 1 heteroatoms. The number of benzene rings is 1. The molecule has 70 valence electrons. The number of rotatable bonds is 2. The van der Waals surface area contributed by atoms with E-state index >= 15 is 0 Å². The number of nitrogens with one attached hydrogen (secondary N) is 1. The van der Waals surface area contributed by atoms with Crippen molar-refractivity contribution in [1.82, 2.24) is 0 Å². The zero-order valence-corrected chi connectivity index (χ0v) is 8.16. The molecule has 1 aromatic carbocycles. The average Bonchev–Trinajstić information content (AvgIpc) is 2.53. The van der Waals surface area contributed by atoms with Crippen molar-refractivity contribution in [3.8, 4) is 0 Å². The molecule has 0 aliphatic heterocycles. The Labute approximate surface area is 80.2 Å².